The maximum absolute atomic E-state index is 5.44. The number of nitrogens with zero attached hydrogens (tertiary/aromatic N) is 1. The number of aromatic nitrogens is 2. The van der Waals surface area contributed by atoms with Crippen LogP contribution >= 0.6 is 0 Å². The summed E-state index contributed by atoms with van der Waals surface area (Å²) in [6.45, 7) is 2.67. The summed E-state index contributed by atoms with van der Waals surface area (Å²) in [5.41, 5.74) is 3.13. The van der Waals surface area contributed by atoms with E-state index in [1.165, 1.54) is 0 Å². The van der Waals surface area contributed by atoms with E-state index < -0.39 is 0 Å². The standard InChI is InChI=1S/C15H14N2O/c1-2-18-12-9-7-11(8-10-12)15-13-5-3-4-6-14(13)16-17-15/h3-10H,2H2,1H3,(H,16,17). The van der Waals surface area contributed by atoms with Crippen molar-refractivity contribution in [3.05, 3.63) is 48.5 Å². The molecule has 0 radical (unpaired) electrons. The summed E-state index contributed by atoms with van der Waals surface area (Å²) in [4.78, 5) is 0. The van der Waals surface area contributed by atoms with E-state index in [1.807, 2.05) is 49.4 Å². The van der Waals surface area contributed by atoms with Crippen LogP contribution in [-0.2, 0) is 0 Å². The summed E-state index contributed by atoms with van der Waals surface area (Å²) in [5, 5.41) is 8.56. The second-order valence-electron chi connectivity index (χ2n) is 4.08. The highest BCUT2D eigenvalue weighted by atomic mass is 16.5. The van der Waals surface area contributed by atoms with Gasteiger partial charge in [0.05, 0.1) is 17.8 Å². The molecule has 0 aliphatic heterocycles. The third-order valence-electron chi connectivity index (χ3n) is 2.91. The molecule has 3 aromatic rings. The molecule has 2 aromatic carbocycles. The molecule has 1 heterocycles. The fraction of sp³-hybridized carbons (Fsp3) is 0.133. The Hall–Kier alpha value is -2.29. The first-order valence-electron chi connectivity index (χ1n) is 6.05. The Balaban J connectivity index is 2.03. The molecule has 0 saturated heterocycles. The van der Waals surface area contributed by atoms with Gasteiger partial charge in [-0.25, -0.2) is 0 Å². The van der Waals surface area contributed by atoms with Gasteiger partial charge in [0.1, 0.15) is 5.75 Å². The summed E-state index contributed by atoms with van der Waals surface area (Å²) in [5.74, 6) is 0.890. The lowest BCUT2D eigenvalue weighted by atomic mass is 10.1. The van der Waals surface area contributed by atoms with E-state index in [0.717, 1.165) is 27.9 Å². The van der Waals surface area contributed by atoms with Crippen molar-refractivity contribution in [2.75, 3.05) is 6.61 Å². The van der Waals surface area contributed by atoms with Crippen LogP contribution in [0, 0.1) is 0 Å². The zero-order valence-corrected chi connectivity index (χ0v) is 10.2. The number of hydrogen-bond acceptors (Lipinski definition) is 2. The Bertz CT molecular complexity index is 656. The SMILES string of the molecule is CCOc1ccc(-c2n[nH]c3ccccc23)cc1. The first-order chi connectivity index (χ1) is 8.88. The van der Waals surface area contributed by atoms with Crippen molar-refractivity contribution in [3.63, 3.8) is 0 Å². The largest absolute Gasteiger partial charge is 0.494 e. The van der Waals surface area contributed by atoms with Crippen molar-refractivity contribution in [1.82, 2.24) is 10.2 Å². The zero-order valence-electron chi connectivity index (χ0n) is 10.2. The van der Waals surface area contributed by atoms with Crippen LogP contribution in [0.15, 0.2) is 48.5 Å². The molecule has 0 spiro atoms. The fourth-order valence-corrected chi connectivity index (χ4v) is 2.06. The summed E-state index contributed by atoms with van der Waals surface area (Å²) < 4.78 is 5.44. The van der Waals surface area contributed by atoms with Gasteiger partial charge in [0, 0.05) is 10.9 Å². The lowest BCUT2D eigenvalue weighted by Gasteiger charge is -2.03. The van der Waals surface area contributed by atoms with Gasteiger partial charge in [-0.15, -0.1) is 0 Å². The molecule has 0 aliphatic carbocycles. The third-order valence-corrected chi connectivity index (χ3v) is 2.91. The fourth-order valence-electron chi connectivity index (χ4n) is 2.06. The molecule has 1 N–H and O–H groups in total. The highest BCUT2D eigenvalue weighted by molar-refractivity contribution is 5.92. The topological polar surface area (TPSA) is 37.9 Å². The maximum Gasteiger partial charge on any atom is 0.119 e. The first-order valence-corrected chi connectivity index (χ1v) is 6.05. The quantitative estimate of drug-likeness (QED) is 0.756. The average molecular weight is 238 g/mol. The van der Waals surface area contributed by atoms with Crippen LogP contribution in [0.25, 0.3) is 22.2 Å². The number of fused-ring (bicyclic) bond motifs is 1. The molecular formula is C15H14N2O. The van der Waals surface area contributed by atoms with E-state index in [2.05, 4.69) is 16.3 Å². The average Bonchev–Trinajstić information content (AvgIpc) is 2.84. The molecule has 0 amide bonds. The number of nitrogens with one attached hydrogen (secondary N) is 1. The molecule has 1 aromatic heterocycles. The molecule has 90 valence electrons. The number of ether oxygens (including phenoxy) is 1. The van der Waals surface area contributed by atoms with E-state index in [1.54, 1.807) is 0 Å². The minimum absolute atomic E-state index is 0.685. The Morgan fingerprint density at radius 3 is 2.61 bits per heavy atom. The molecule has 3 rings (SSSR count). The lowest BCUT2D eigenvalue weighted by Crippen LogP contribution is -1.90. The lowest BCUT2D eigenvalue weighted by molar-refractivity contribution is 0.340. The minimum Gasteiger partial charge on any atom is -0.494 e. The van der Waals surface area contributed by atoms with Crippen molar-refractivity contribution in [3.8, 4) is 17.0 Å². The van der Waals surface area contributed by atoms with E-state index in [-0.39, 0.29) is 0 Å². The molecule has 0 atom stereocenters. The van der Waals surface area contributed by atoms with Crippen LogP contribution < -0.4 is 4.74 Å². The van der Waals surface area contributed by atoms with Crippen LogP contribution in [0.2, 0.25) is 0 Å². The van der Waals surface area contributed by atoms with Crippen molar-refractivity contribution < 1.29 is 4.74 Å². The second kappa shape index (κ2) is 4.53. The highest BCUT2D eigenvalue weighted by Crippen LogP contribution is 2.27. The highest BCUT2D eigenvalue weighted by Gasteiger charge is 2.07. The van der Waals surface area contributed by atoms with Crippen LogP contribution in [-0.4, -0.2) is 16.8 Å². The molecule has 0 bridgehead atoms. The summed E-state index contributed by atoms with van der Waals surface area (Å²) in [6, 6.07) is 16.1. The van der Waals surface area contributed by atoms with Gasteiger partial charge in [0.2, 0.25) is 0 Å². The van der Waals surface area contributed by atoms with Crippen molar-refractivity contribution in [2.24, 2.45) is 0 Å². The van der Waals surface area contributed by atoms with Gasteiger partial charge in [-0.2, -0.15) is 5.10 Å². The number of benzene rings is 2. The Labute approximate surface area is 105 Å². The van der Waals surface area contributed by atoms with E-state index in [4.69, 9.17) is 4.74 Å². The number of aromatic amines is 1. The van der Waals surface area contributed by atoms with Crippen LogP contribution in [0.3, 0.4) is 0 Å². The molecule has 0 fully saturated rings. The van der Waals surface area contributed by atoms with E-state index >= 15 is 0 Å². The Morgan fingerprint density at radius 1 is 1.06 bits per heavy atom. The predicted molar refractivity (Wildman–Crippen MR) is 72.7 cm³/mol. The van der Waals surface area contributed by atoms with Gasteiger partial charge < -0.3 is 4.74 Å². The van der Waals surface area contributed by atoms with Gasteiger partial charge in [-0.1, -0.05) is 18.2 Å². The predicted octanol–water partition coefficient (Wildman–Crippen LogP) is 3.63. The van der Waals surface area contributed by atoms with Crippen molar-refractivity contribution >= 4 is 10.9 Å². The van der Waals surface area contributed by atoms with Crippen LogP contribution in [0.5, 0.6) is 5.75 Å². The van der Waals surface area contributed by atoms with E-state index in [0.29, 0.717) is 6.61 Å². The molecule has 0 saturated carbocycles. The normalized spacial score (nSPS) is 10.7. The molecule has 3 heteroatoms. The van der Waals surface area contributed by atoms with Gasteiger partial charge in [-0.05, 0) is 37.3 Å². The van der Waals surface area contributed by atoms with Crippen molar-refractivity contribution in [2.45, 2.75) is 6.92 Å². The number of rotatable bonds is 3. The maximum atomic E-state index is 5.44. The van der Waals surface area contributed by atoms with Crippen molar-refractivity contribution in [1.29, 1.82) is 0 Å². The Kier molecular flexibility index (Phi) is 2.73. The van der Waals surface area contributed by atoms with Gasteiger partial charge in [-0.3, -0.25) is 5.10 Å². The van der Waals surface area contributed by atoms with E-state index in [9.17, 15) is 0 Å². The van der Waals surface area contributed by atoms with Gasteiger partial charge in [0.25, 0.3) is 0 Å². The summed E-state index contributed by atoms with van der Waals surface area (Å²) in [6.07, 6.45) is 0. The molecule has 3 nitrogen and oxygen atoms in total. The first kappa shape index (κ1) is 10.8. The number of para-hydroxylation sites is 1. The Morgan fingerprint density at radius 2 is 1.83 bits per heavy atom. The molecule has 0 aliphatic rings. The van der Waals surface area contributed by atoms with Crippen LogP contribution in [0.4, 0.5) is 0 Å². The number of H-pyrrole nitrogens is 1. The second-order valence-corrected chi connectivity index (χ2v) is 4.08. The molecule has 0 unspecified atom stereocenters. The monoisotopic (exact) mass is 238 g/mol. The van der Waals surface area contributed by atoms with Gasteiger partial charge in [0.15, 0.2) is 0 Å². The summed E-state index contributed by atoms with van der Waals surface area (Å²) >= 11 is 0. The number of hydrogen-bond donors (Lipinski definition) is 1. The molecular weight excluding hydrogens is 224 g/mol. The zero-order chi connectivity index (χ0) is 12.4. The summed E-state index contributed by atoms with van der Waals surface area (Å²) in [7, 11) is 0. The minimum atomic E-state index is 0.685. The third kappa shape index (κ3) is 1.84. The van der Waals surface area contributed by atoms with Crippen LogP contribution in [0.1, 0.15) is 6.92 Å². The van der Waals surface area contributed by atoms with Gasteiger partial charge >= 0.3 is 0 Å². The smallest absolute Gasteiger partial charge is 0.119 e. The molecule has 18 heavy (non-hydrogen) atoms.